The van der Waals surface area contributed by atoms with Crippen molar-refractivity contribution < 1.29 is 13.2 Å². The van der Waals surface area contributed by atoms with Gasteiger partial charge in [-0.25, -0.2) is 13.1 Å². The van der Waals surface area contributed by atoms with Crippen molar-refractivity contribution in [2.45, 2.75) is 37.1 Å². The number of methoxy groups -OCH3 is 1. The van der Waals surface area contributed by atoms with Gasteiger partial charge in [0, 0.05) is 11.7 Å². The molecule has 1 aromatic rings. The number of ether oxygens (including phenoxy) is 1. The summed E-state index contributed by atoms with van der Waals surface area (Å²) in [4.78, 5) is 0.108. The smallest absolute Gasteiger partial charge is 0.244 e. The van der Waals surface area contributed by atoms with E-state index >= 15 is 0 Å². The van der Waals surface area contributed by atoms with Crippen LogP contribution in [0.1, 0.15) is 26.2 Å². The first-order valence-corrected chi connectivity index (χ1v) is 7.92. The molecule has 0 spiro atoms. The molecule has 6 heteroatoms. The third-order valence-corrected chi connectivity index (χ3v) is 4.88. The van der Waals surface area contributed by atoms with Gasteiger partial charge in [0.1, 0.15) is 10.6 Å². The first kappa shape index (κ1) is 14.1. The fourth-order valence-corrected chi connectivity index (χ4v) is 3.77. The molecule has 1 saturated carbocycles. The molecular weight excluding hydrogens is 264 g/mol. The van der Waals surface area contributed by atoms with Crippen LogP contribution in [0, 0.1) is 5.92 Å². The molecule has 0 radical (unpaired) electrons. The van der Waals surface area contributed by atoms with E-state index in [9.17, 15) is 8.42 Å². The monoisotopic (exact) mass is 284 g/mol. The average molecular weight is 284 g/mol. The van der Waals surface area contributed by atoms with Gasteiger partial charge in [-0.1, -0.05) is 13.3 Å². The topological polar surface area (TPSA) is 81.4 Å². The second kappa shape index (κ2) is 5.38. The highest BCUT2D eigenvalue weighted by Gasteiger charge is 2.39. The quantitative estimate of drug-likeness (QED) is 0.780. The van der Waals surface area contributed by atoms with E-state index in [-0.39, 0.29) is 10.9 Å². The second-order valence-electron chi connectivity index (χ2n) is 4.92. The molecule has 2 unspecified atom stereocenters. The Morgan fingerprint density at radius 2 is 2.21 bits per heavy atom. The molecule has 0 saturated heterocycles. The van der Waals surface area contributed by atoms with Gasteiger partial charge in [0.25, 0.3) is 0 Å². The number of benzene rings is 1. The summed E-state index contributed by atoms with van der Waals surface area (Å²) in [5.41, 5.74) is 6.06. The van der Waals surface area contributed by atoms with Gasteiger partial charge in [-0.05, 0) is 37.0 Å². The summed E-state index contributed by atoms with van der Waals surface area (Å²) in [7, 11) is -2.12. The van der Waals surface area contributed by atoms with E-state index < -0.39 is 10.0 Å². The summed E-state index contributed by atoms with van der Waals surface area (Å²) in [6, 6.07) is 4.67. The molecule has 1 aromatic carbocycles. The zero-order valence-corrected chi connectivity index (χ0v) is 12.0. The van der Waals surface area contributed by atoms with Crippen molar-refractivity contribution in [3.05, 3.63) is 18.2 Å². The van der Waals surface area contributed by atoms with E-state index in [1.54, 1.807) is 12.1 Å². The zero-order valence-electron chi connectivity index (χ0n) is 11.2. The van der Waals surface area contributed by atoms with Crippen LogP contribution < -0.4 is 15.2 Å². The lowest BCUT2D eigenvalue weighted by molar-refractivity contribution is 0.402. The summed E-state index contributed by atoms with van der Waals surface area (Å²) in [5.74, 6) is 0.779. The van der Waals surface area contributed by atoms with Crippen molar-refractivity contribution in [3.8, 4) is 5.75 Å². The lowest BCUT2D eigenvalue weighted by Gasteiger charge is -2.11. The molecule has 0 heterocycles. The lowest BCUT2D eigenvalue weighted by Crippen LogP contribution is -2.27. The van der Waals surface area contributed by atoms with Gasteiger partial charge < -0.3 is 10.5 Å². The summed E-state index contributed by atoms with van der Waals surface area (Å²) in [6.45, 7) is 2.10. The van der Waals surface area contributed by atoms with E-state index in [2.05, 4.69) is 11.6 Å². The predicted octanol–water partition coefficient (Wildman–Crippen LogP) is 1.74. The predicted molar refractivity (Wildman–Crippen MR) is 74.5 cm³/mol. The zero-order chi connectivity index (χ0) is 14.0. The highest BCUT2D eigenvalue weighted by molar-refractivity contribution is 7.89. The molecule has 1 aliphatic carbocycles. The number of nitrogens with two attached hydrogens (primary N) is 1. The van der Waals surface area contributed by atoms with Crippen molar-refractivity contribution in [1.29, 1.82) is 0 Å². The molecular formula is C13H20N2O3S. The highest BCUT2D eigenvalue weighted by Crippen LogP contribution is 2.36. The fourth-order valence-electron chi connectivity index (χ4n) is 2.25. The molecule has 5 nitrogen and oxygen atoms in total. The highest BCUT2D eigenvalue weighted by atomic mass is 32.2. The normalized spacial score (nSPS) is 22.2. The Morgan fingerprint density at radius 3 is 2.84 bits per heavy atom. The van der Waals surface area contributed by atoms with Crippen LogP contribution in [0.15, 0.2) is 23.1 Å². The number of sulfonamides is 1. The molecule has 1 fully saturated rings. The van der Waals surface area contributed by atoms with Gasteiger partial charge in [0.15, 0.2) is 0 Å². The van der Waals surface area contributed by atoms with Crippen LogP contribution >= 0.6 is 0 Å². The SMILES string of the molecule is CCCC1CC1NS(=O)(=O)c1cc(N)ccc1OC. The third kappa shape index (κ3) is 3.19. The Morgan fingerprint density at radius 1 is 1.47 bits per heavy atom. The van der Waals surface area contributed by atoms with E-state index in [4.69, 9.17) is 10.5 Å². The van der Waals surface area contributed by atoms with E-state index in [1.807, 2.05) is 0 Å². The summed E-state index contributed by atoms with van der Waals surface area (Å²) >= 11 is 0. The van der Waals surface area contributed by atoms with Crippen LogP contribution in [-0.2, 0) is 10.0 Å². The molecule has 0 bridgehead atoms. The largest absolute Gasteiger partial charge is 0.495 e. The molecule has 1 aliphatic rings. The van der Waals surface area contributed by atoms with Crippen LogP contribution in [0.5, 0.6) is 5.75 Å². The van der Waals surface area contributed by atoms with Crippen LogP contribution in [0.4, 0.5) is 5.69 Å². The average Bonchev–Trinajstić information content (AvgIpc) is 3.07. The number of hydrogen-bond donors (Lipinski definition) is 2. The minimum absolute atomic E-state index is 0.0519. The van der Waals surface area contributed by atoms with Crippen molar-refractivity contribution in [2.24, 2.45) is 5.92 Å². The van der Waals surface area contributed by atoms with Crippen molar-refractivity contribution in [1.82, 2.24) is 4.72 Å². The number of anilines is 1. The van der Waals surface area contributed by atoms with E-state index in [1.165, 1.54) is 13.2 Å². The van der Waals surface area contributed by atoms with Gasteiger partial charge in [0.05, 0.1) is 7.11 Å². The maximum atomic E-state index is 12.3. The fraction of sp³-hybridized carbons (Fsp3) is 0.538. The molecule has 3 N–H and O–H groups in total. The number of hydrogen-bond acceptors (Lipinski definition) is 4. The maximum absolute atomic E-state index is 12.3. The number of nitrogens with one attached hydrogen (secondary N) is 1. The molecule has 106 valence electrons. The maximum Gasteiger partial charge on any atom is 0.244 e. The first-order chi connectivity index (χ1) is 8.97. The van der Waals surface area contributed by atoms with Gasteiger partial charge >= 0.3 is 0 Å². The Kier molecular flexibility index (Phi) is 4.01. The van der Waals surface area contributed by atoms with Crippen molar-refractivity contribution in [2.75, 3.05) is 12.8 Å². The van der Waals surface area contributed by atoms with Gasteiger partial charge in [-0.2, -0.15) is 0 Å². The number of rotatable bonds is 6. The van der Waals surface area contributed by atoms with Gasteiger partial charge in [-0.15, -0.1) is 0 Å². The number of nitrogen functional groups attached to an aromatic ring is 1. The van der Waals surface area contributed by atoms with Gasteiger partial charge in [-0.3, -0.25) is 0 Å². The Labute approximate surface area is 114 Å². The Bertz CT molecular complexity index is 557. The first-order valence-electron chi connectivity index (χ1n) is 6.43. The van der Waals surface area contributed by atoms with Crippen molar-refractivity contribution >= 4 is 15.7 Å². The van der Waals surface area contributed by atoms with Crippen LogP contribution in [0.3, 0.4) is 0 Å². The summed E-state index contributed by atoms with van der Waals surface area (Å²) in [5, 5.41) is 0. The third-order valence-electron chi connectivity index (χ3n) is 3.37. The standard InChI is InChI=1S/C13H20N2O3S/c1-3-4-9-7-11(9)15-19(16,17)13-8-10(14)5-6-12(13)18-2/h5-6,8-9,11,15H,3-4,7,14H2,1-2H3. The van der Waals surface area contributed by atoms with Crippen molar-refractivity contribution in [3.63, 3.8) is 0 Å². The molecule has 0 amide bonds. The minimum Gasteiger partial charge on any atom is -0.495 e. The molecule has 2 atom stereocenters. The molecule has 19 heavy (non-hydrogen) atoms. The summed E-state index contributed by atoms with van der Waals surface area (Å²) in [6.07, 6.45) is 3.05. The molecule has 0 aromatic heterocycles. The molecule has 2 rings (SSSR count). The van der Waals surface area contributed by atoms with Gasteiger partial charge in [0.2, 0.25) is 10.0 Å². The minimum atomic E-state index is -3.57. The van der Waals surface area contributed by atoms with E-state index in [0.29, 0.717) is 17.4 Å². The van der Waals surface area contributed by atoms with Crippen LogP contribution in [0.2, 0.25) is 0 Å². The Hall–Kier alpha value is -1.27. The van der Waals surface area contributed by atoms with Crippen LogP contribution in [0.25, 0.3) is 0 Å². The van der Waals surface area contributed by atoms with E-state index in [0.717, 1.165) is 19.3 Å². The molecule has 0 aliphatic heterocycles. The Balaban J connectivity index is 2.18. The summed E-state index contributed by atoms with van der Waals surface area (Å²) < 4.78 is 32.4. The lowest BCUT2D eigenvalue weighted by atomic mass is 10.2. The van der Waals surface area contributed by atoms with Crippen LogP contribution in [-0.4, -0.2) is 21.6 Å². The second-order valence-corrected chi connectivity index (χ2v) is 6.60.